The van der Waals surface area contributed by atoms with Crippen molar-refractivity contribution in [3.8, 4) is 22.8 Å². The second-order valence-electron chi connectivity index (χ2n) is 5.48. The third-order valence-electron chi connectivity index (χ3n) is 4.01. The van der Waals surface area contributed by atoms with Gasteiger partial charge in [-0.2, -0.15) is 0 Å². The molecule has 0 atom stereocenters. The van der Waals surface area contributed by atoms with E-state index in [0.717, 1.165) is 16.5 Å². The van der Waals surface area contributed by atoms with Crippen LogP contribution in [0.4, 0.5) is 0 Å². The molecule has 1 heterocycles. The highest BCUT2D eigenvalue weighted by Crippen LogP contribution is 2.39. The summed E-state index contributed by atoms with van der Waals surface area (Å²) in [6.07, 6.45) is 3.43. The van der Waals surface area contributed by atoms with Gasteiger partial charge in [0.05, 0.1) is 27.4 Å². The molecular weight excluding hydrogens is 320 g/mol. The van der Waals surface area contributed by atoms with Gasteiger partial charge in [0.15, 0.2) is 11.3 Å². The van der Waals surface area contributed by atoms with E-state index in [4.69, 9.17) is 19.0 Å². The Balaban J connectivity index is 2.25. The average molecular weight is 340 g/mol. The topological polar surface area (TPSA) is 72.1 Å². The lowest BCUT2D eigenvalue weighted by Gasteiger charge is -2.03. The normalized spacial score (nSPS) is 11.4. The van der Waals surface area contributed by atoms with E-state index in [1.54, 1.807) is 26.4 Å². The van der Waals surface area contributed by atoms with E-state index in [1.165, 1.54) is 0 Å². The molecule has 0 amide bonds. The van der Waals surface area contributed by atoms with Crippen molar-refractivity contribution in [1.82, 2.24) is 0 Å². The molecule has 3 rings (SSSR count). The largest absolute Gasteiger partial charge is 0.497 e. The number of hydrogen-bond acceptors (Lipinski definition) is 5. The van der Waals surface area contributed by atoms with Crippen LogP contribution in [0.25, 0.3) is 28.4 Å². The fraction of sp³-hybridized carbons (Fsp3) is 0.200. The lowest BCUT2D eigenvalue weighted by Crippen LogP contribution is -1.88. The number of rotatable bonds is 6. The predicted molar refractivity (Wildman–Crippen MR) is 96.8 cm³/mol. The van der Waals surface area contributed by atoms with Crippen molar-refractivity contribution in [3.05, 3.63) is 53.6 Å². The van der Waals surface area contributed by atoms with Crippen molar-refractivity contribution in [1.29, 1.82) is 0 Å². The third kappa shape index (κ3) is 3.24. The van der Waals surface area contributed by atoms with Crippen LogP contribution in [0.2, 0.25) is 0 Å². The minimum absolute atomic E-state index is 0.0480. The first kappa shape index (κ1) is 17.1. The number of aliphatic hydroxyl groups excluding tert-OH is 2. The Bertz CT molecular complexity index is 908. The number of hydrogen-bond donors (Lipinski definition) is 2. The number of methoxy groups -OCH3 is 2. The summed E-state index contributed by atoms with van der Waals surface area (Å²) in [5, 5.41) is 19.7. The van der Waals surface area contributed by atoms with Crippen LogP contribution in [0.15, 0.2) is 46.9 Å². The summed E-state index contributed by atoms with van der Waals surface area (Å²) in [5.41, 5.74) is 2.92. The van der Waals surface area contributed by atoms with Gasteiger partial charge >= 0.3 is 0 Å². The van der Waals surface area contributed by atoms with Gasteiger partial charge in [-0.3, -0.25) is 0 Å². The van der Waals surface area contributed by atoms with Crippen LogP contribution < -0.4 is 9.47 Å². The van der Waals surface area contributed by atoms with E-state index in [0.29, 0.717) is 28.4 Å². The van der Waals surface area contributed by atoms with Gasteiger partial charge in [0.1, 0.15) is 11.5 Å². The van der Waals surface area contributed by atoms with Crippen molar-refractivity contribution in [2.24, 2.45) is 0 Å². The molecule has 0 saturated heterocycles. The summed E-state index contributed by atoms with van der Waals surface area (Å²) in [6.45, 7) is -0.219. The van der Waals surface area contributed by atoms with Crippen LogP contribution >= 0.6 is 0 Å². The fourth-order valence-electron chi connectivity index (χ4n) is 2.83. The zero-order valence-electron chi connectivity index (χ0n) is 14.2. The number of aliphatic hydroxyl groups is 2. The highest BCUT2D eigenvalue weighted by Gasteiger charge is 2.19. The van der Waals surface area contributed by atoms with E-state index in [1.807, 2.05) is 36.4 Å². The zero-order chi connectivity index (χ0) is 17.8. The molecule has 1 aromatic heterocycles. The maximum absolute atomic E-state index is 9.93. The molecule has 2 aromatic carbocycles. The van der Waals surface area contributed by atoms with Crippen molar-refractivity contribution in [2.45, 2.75) is 6.61 Å². The molecule has 0 bridgehead atoms. The lowest BCUT2D eigenvalue weighted by atomic mass is 10.0. The van der Waals surface area contributed by atoms with Crippen LogP contribution in [0, 0.1) is 0 Å². The molecule has 2 N–H and O–H groups in total. The minimum atomic E-state index is -0.171. The first-order valence-electron chi connectivity index (χ1n) is 7.88. The third-order valence-corrected chi connectivity index (χ3v) is 4.01. The number of benzene rings is 2. The highest BCUT2D eigenvalue weighted by atomic mass is 16.5. The summed E-state index contributed by atoms with van der Waals surface area (Å²) >= 11 is 0. The van der Waals surface area contributed by atoms with Gasteiger partial charge in [0.2, 0.25) is 0 Å². The van der Waals surface area contributed by atoms with Crippen molar-refractivity contribution >= 4 is 17.0 Å². The summed E-state index contributed by atoms with van der Waals surface area (Å²) in [6, 6.07) is 11.2. The molecule has 5 nitrogen and oxygen atoms in total. The summed E-state index contributed by atoms with van der Waals surface area (Å²) in [5.74, 6) is 1.86. The molecule has 3 aromatic rings. The average Bonchev–Trinajstić information content (AvgIpc) is 3.04. The molecular formula is C20H20O5. The Morgan fingerprint density at radius 2 is 1.92 bits per heavy atom. The van der Waals surface area contributed by atoms with Gasteiger partial charge in [-0.1, -0.05) is 24.3 Å². The molecule has 0 aliphatic rings. The Labute approximate surface area is 145 Å². The fourth-order valence-corrected chi connectivity index (χ4v) is 2.83. The van der Waals surface area contributed by atoms with E-state index in [2.05, 4.69) is 0 Å². The zero-order valence-corrected chi connectivity index (χ0v) is 14.2. The maximum atomic E-state index is 9.93. The first-order chi connectivity index (χ1) is 12.2. The van der Waals surface area contributed by atoms with Gasteiger partial charge in [-0.05, 0) is 29.8 Å². The molecule has 0 aliphatic carbocycles. The highest BCUT2D eigenvalue weighted by molar-refractivity contribution is 5.93. The van der Waals surface area contributed by atoms with Crippen LogP contribution in [-0.2, 0) is 6.61 Å². The molecule has 0 aliphatic heterocycles. The van der Waals surface area contributed by atoms with Crippen LogP contribution in [-0.4, -0.2) is 31.0 Å². The smallest absolute Gasteiger partial charge is 0.177 e. The minimum Gasteiger partial charge on any atom is -0.497 e. The van der Waals surface area contributed by atoms with Gasteiger partial charge in [0, 0.05) is 16.5 Å². The van der Waals surface area contributed by atoms with E-state index in [-0.39, 0.29) is 13.2 Å². The quantitative estimate of drug-likeness (QED) is 0.717. The van der Waals surface area contributed by atoms with Gasteiger partial charge in [0.25, 0.3) is 0 Å². The monoisotopic (exact) mass is 340 g/mol. The molecule has 130 valence electrons. The summed E-state index contributed by atoms with van der Waals surface area (Å²) in [7, 11) is 3.17. The molecule has 0 fully saturated rings. The Hall–Kier alpha value is -2.76. The standard InChI is InChI=1S/C20H20O5/c1-23-15-7-3-6-14(11-15)19-17(12-22)16-9-13(5-4-8-21)10-18(24-2)20(16)25-19/h3-7,9-11,21-22H,8,12H2,1-2H3/b5-4+. The van der Waals surface area contributed by atoms with Crippen LogP contribution in [0.5, 0.6) is 11.5 Å². The van der Waals surface area contributed by atoms with Crippen LogP contribution in [0.1, 0.15) is 11.1 Å². The molecule has 25 heavy (non-hydrogen) atoms. The Morgan fingerprint density at radius 3 is 2.60 bits per heavy atom. The van der Waals surface area contributed by atoms with Crippen molar-refractivity contribution in [3.63, 3.8) is 0 Å². The Kier molecular flexibility index (Phi) is 5.07. The van der Waals surface area contributed by atoms with Gasteiger partial charge < -0.3 is 24.1 Å². The molecule has 0 radical (unpaired) electrons. The lowest BCUT2D eigenvalue weighted by molar-refractivity contribution is 0.282. The summed E-state index contributed by atoms with van der Waals surface area (Å²) < 4.78 is 16.8. The molecule has 0 saturated carbocycles. The van der Waals surface area contributed by atoms with Gasteiger partial charge in [-0.15, -0.1) is 0 Å². The van der Waals surface area contributed by atoms with Crippen molar-refractivity contribution in [2.75, 3.05) is 20.8 Å². The number of fused-ring (bicyclic) bond motifs is 1. The predicted octanol–water partition coefficient (Wildman–Crippen LogP) is 3.61. The van der Waals surface area contributed by atoms with E-state index >= 15 is 0 Å². The summed E-state index contributed by atoms with van der Waals surface area (Å²) in [4.78, 5) is 0. The second kappa shape index (κ2) is 7.42. The van der Waals surface area contributed by atoms with Gasteiger partial charge in [-0.25, -0.2) is 0 Å². The molecule has 0 unspecified atom stereocenters. The second-order valence-corrected chi connectivity index (χ2v) is 5.48. The SMILES string of the molecule is COc1cccc(-c2oc3c(OC)cc(/C=C/CO)cc3c2CO)c1. The van der Waals surface area contributed by atoms with E-state index in [9.17, 15) is 5.11 Å². The van der Waals surface area contributed by atoms with Crippen LogP contribution in [0.3, 0.4) is 0 Å². The number of furan rings is 1. The van der Waals surface area contributed by atoms with Crippen molar-refractivity contribution < 1.29 is 24.1 Å². The molecule has 0 spiro atoms. The Morgan fingerprint density at radius 1 is 1.08 bits per heavy atom. The molecule has 5 heteroatoms. The first-order valence-corrected chi connectivity index (χ1v) is 7.88. The maximum Gasteiger partial charge on any atom is 0.177 e. The number of ether oxygens (including phenoxy) is 2. The van der Waals surface area contributed by atoms with E-state index < -0.39 is 0 Å².